The standard InChI is InChI=1S/C17H23FN2O2/c1-3-17(4-2,8-9-21)11-20-16(22)12-10-19-14-7-5-6-13(18)15(12)14/h5-7,10,19,21H,3-4,8-9,11H2,1-2H3,(H,20,22). The molecule has 1 aromatic carbocycles. The molecule has 0 aliphatic carbocycles. The summed E-state index contributed by atoms with van der Waals surface area (Å²) in [5, 5.41) is 12.4. The van der Waals surface area contributed by atoms with Crippen LogP contribution in [0.15, 0.2) is 24.4 Å². The van der Waals surface area contributed by atoms with E-state index in [1.165, 1.54) is 12.3 Å². The van der Waals surface area contributed by atoms with E-state index in [-0.39, 0.29) is 17.9 Å². The number of aliphatic hydroxyl groups excluding tert-OH is 1. The number of nitrogens with one attached hydrogen (secondary N) is 2. The monoisotopic (exact) mass is 306 g/mol. The van der Waals surface area contributed by atoms with Gasteiger partial charge in [-0.2, -0.15) is 0 Å². The van der Waals surface area contributed by atoms with Crippen LogP contribution in [0.1, 0.15) is 43.5 Å². The van der Waals surface area contributed by atoms with E-state index >= 15 is 0 Å². The highest BCUT2D eigenvalue weighted by atomic mass is 19.1. The lowest BCUT2D eigenvalue weighted by Gasteiger charge is -2.31. The van der Waals surface area contributed by atoms with Crippen LogP contribution in [0.4, 0.5) is 4.39 Å². The van der Waals surface area contributed by atoms with E-state index in [9.17, 15) is 14.3 Å². The quantitative estimate of drug-likeness (QED) is 0.735. The average Bonchev–Trinajstić information content (AvgIpc) is 2.97. The molecule has 1 amide bonds. The van der Waals surface area contributed by atoms with Crippen molar-refractivity contribution in [3.8, 4) is 0 Å². The Morgan fingerprint density at radius 3 is 2.73 bits per heavy atom. The number of rotatable bonds is 7. The van der Waals surface area contributed by atoms with Gasteiger partial charge < -0.3 is 15.4 Å². The van der Waals surface area contributed by atoms with E-state index in [1.54, 1.807) is 12.1 Å². The Labute approximate surface area is 129 Å². The van der Waals surface area contributed by atoms with Gasteiger partial charge in [-0.15, -0.1) is 0 Å². The molecule has 0 aliphatic rings. The van der Waals surface area contributed by atoms with Crippen molar-refractivity contribution >= 4 is 16.8 Å². The van der Waals surface area contributed by atoms with Crippen molar-refractivity contribution in [3.05, 3.63) is 35.8 Å². The second-order valence-corrected chi connectivity index (χ2v) is 5.73. The zero-order valence-corrected chi connectivity index (χ0v) is 13.1. The van der Waals surface area contributed by atoms with Crippen LogP contribution in [0.2, 0.25) is 0 Å². The molecule has 0 radical (unpaired) electrons. The maximum Gasteiger partial charge on any atom is 0.253 e. The number of aromatic amines is 1. The number of fused-ring (bicyclic) bond motifs is 1. The van der Waals surface area contributed by atoms with Crippen molar-refractivity contribution in [2.45, 2.75) is 33.1 Å². The SMILES string of the molecule is CCC(CC)(CCO)CNC(=O)c1c[nH]c2cccc(F)c12. The predicted molar refractivity (Wildman–Crippen MR) is 85.3 cm³/mol. The fraction of sp³-hybridized carbons (Fsp3) is 0.471. The first-order valence-corrected chi connectivity index (χ1v) is 7.71. The molecule has 0 unspecified atom stereocenters. The molecule has 3 N–H and O–H groups in total. The van der Waals surface area contributed by atoms with Gasteiger partial charge in [-0.25, -0.2) is 4.39 Å². The molecule has 2 aromatic rings. The van der Waals surface area contributed by atoms with Gasteiger partial charge in [-0.05, 0) is 36.8 Å². The van der Waals surface area contributed by atoms with Gasteiger partial charge in [0.1, 0.15) is 5.82 Å². The molecule has 0 saturated carbocycles. The van der Waals surface area contributed by atoms with Crippen LogP contribution in [0, 0.1) is 11.2 Å². The van der Waals surface area contributed by atoms with Gasteiger partial charge in [0.2, 0.25) is 0 Å². The van der Waals surface area contributed by atoms with Crippen molar-refractivity contribution in [2.24, 2.45) is 5.41 Å². The first kappa shape index (κ1) is 16.5. The Kier molecular flexibility index (Phi) is 5.19. The van der Waals surface area contributed by atoms with Gasteiger partial charge in [-0.1, -0.05) is 19.9 Å². The van der Waals surface area contributed by atoms with Crippen LogP contribution in [-0.4, -0.2) is 29.1 Å². The molecule has 1 aromatic heterocycles. The first-order valence-electron chi connectivity index (χ1n) is 7.71. The molecule has 0 atom stereocenters. The number of halogens is 1. The number of hydrogen-bond donors (Lipinski definition) is 3. The summed E-state index contributed by atoms with van der Waals surface area (Å²) in [5.74, 6) is -0.697. The molecule has 2 rings (SSSR count). The van der Waals surface area contributed by atoms with E-state index in [0.29, 0.717) is 29.4 Å². The van der Waals surface area contributed by atoms with Crippen molar-refractivity contribution in [2.75, 3.05) is 13.2 Å². The molecule has 4 nitrogen and oxygen atoms in total. The molecule has 0 bridgehead atoms. The summed E-state index contributed by atoms with van der Waals surface area (Å²) in [7, 11) is 0. The van der Waals surface area contributed by atoms with E-state index in [1.807, 2.05) is 0 Å². The number of benzene rings is 1. The first-order chi connectivity index (χ1) is 10.6. The molecular weight excluding hydrogens is 283 g/mol. The van der Waals surface area contributed by atoms with Gasteiger partial charge in [0.25, 0.3) is 5.91 Å². The minimum absolute atomic E-state index is 0.0965. The highest BCUT2D eigenvalue weighted by Crippen LogP contribution is 2.29. The number of carbonyl (C=O) groups is 1. The lowest BCUT2D eigenvalue weighted by Crippen LogP contribution is -2.37. The van der Waals surface area contributed by atoms with Crippen molar-refractivity contribution in [1.82, 2.24) is 10.3 Å². The molecule has 120 valence electrons. The second kappa shape index (κ2) is 6.92. The summed E-state index contributed by atoms with van der Waals surface area (Å²) >= 11 is 0. The number of amides is 1. The summed E-state index contributed by atoms with van der Waals surface area (Å²) in [4.78, 5) is 15.3. The summed E-state index contributed by atoms with van der Waals surface area (Å²) in [6.45, 7) is 4.67. The van der Waals surface area contributed by atoms with Gasteiger partial charge in [0.15, 0.2) is 0 Å². The molecule has 0 fully saturated rings. The third-order valence-electron chi connectivity index (χ3n) is 4.67. The predicted octanol–water partition coefficient (Wildman–Crippen LogP) is 3.23. The van der Waals surface area contributed by atoms with E-state index in [0.717, 1.165) is 12.8 Å². The van der Waals surface area contributed by atoms with E-state index in [2.05, 4.69) is 24.1 Å². The highest BCUT2D eigenvalue weighted by Gasteiger charge is 2.27. The zero-order valence-electron chi connectivity index (χ0n) is 13.1. The third-order valence-corrected chi connectivity index (χ3v) is 4.67. The topological polar surface area (TPSA) is 65.1 Å². The Morgan fingerprint density at radius 1 is 1.36 bits per heavy atom. The Hall–Kier alpha value is -1.88. The molecule has 0 spiro atoms. The van der Waals surface area contributed by atoms with Crippen LogP contribution >= 0.6 is 0 Å². The maximum atomic E-state index is 13.9. The van der Waals surface area contributed by atoms with Crippen LogP contribution in [0.5, 0.6) is 0 Å². The Bertz CT molecular complexity index is 647. The van der Waals surface area contributed by atoms with Crippen molar-refractivity contribution in [1.29, 1.82) is 0 Å². The minimum Gasteiger partial charge on any atom is -0.396 e. The Morgan fingerprint density at radius 2 is 2.09 bits per heavy atom. The molecule has 1 heterocycles. The number of H-pyrrole nitrogens is 1. The number of carbonyl (C=O) groups excluding carboxylic acids is 1. The van der Waals surface area contributed by atoms with Gasteiger partial charge >= 0.3 is 0 Å². The molecular formula is C17H23FN2O2. The summed E-state index contributed by atoms with van der Waals surface area (Å²) in [6, 6.07) is 4.70. The van der Waals surface area contributed by atoms with E-state index in [4.69, 9.17) is 0 Å². The number of aliphatic hydroxyl groups is 1. The molecule has 0 saturated heterocycles. The van der Waals surface area contributed by atoms with Gasteiger partial charge in [0.05, 0.1) is 5.56 Å². The fourth-order valence-electron chi connectivity index (χ4n) is 2.86. The summed E-state index contributed by atoms with van der Waals surface area (Å²) in [5.41, 5.74) is 0.811. The van der Waals surface area contributed by atoms with Crippen molar-refractivity contribution in [3.63, 3.8) is 0 Å². The van der Waals surface area contributed by atoms with Crippen LogP contribution in [-0.2, 0) is 0 Å². The summed E-state index contributed by atoms with van der Waals surface area (Å²) in [6.07, 6.45) is 3.91. The van der Waals surface area contributed by atoms with E-state index < -0.39 is 5.82 Å². The average molecular weight is 306 g/mol. The minimum atomic E-state index is -0.406. The van der Waals surface area contributed by atoms with Crippen LogP contribution in [0.25, 0.3) is 10.9 Å². The zero-order chi connectivity index (χ0) is 16.2. The second-order valence-electron chi connectivity index (χ2n) is 5.73. The molecule has 22 heavy (non-hydrogen) atoms. The Balaban J connectivity index is 2.18. The summed E-state index contributed by atoms with van der Waals surface area (Å²) < 4.78 is 13.9. The lowest BCUT2D eigenvalue weighted by molar-refractivity contribution is 0.0908. The smallest absolute Gasteiger partial charge is 0.253 e. The van der Waals surface area contributed by atoms with Crippen molar-refractivity contribution < 1.29 is 14.3 Å². The normalized spacial score (nSPS) is 11.8. The molecule has 5 heteroatoms. The van der Waals surface area contributed by atoms with Crippen LogP contribution in [0.3, 0.4) is 0 Å². The maximum absolute atomic E-state index is 13.9. The van der Waals surface area contributed by atoms with Crippen LogP contribution < -0.4 is 5.32 Å². The van der Waals surface area contributed by atoms with Gasteiger partial charge in [-0.3, -0.25) is 4.79 Å². The highest BCUT2D eigenvalue weighted by molar-refractivity contribution is 6.06. The fourth-order valence-corrected chi connectivity index (χ4v) is 2.86. The molecule has 0 aliphatic heterocycles. The number of aromatic nitrogens is 1. The largest absolute Gasteiger partial charge is 0.396 e. The lowest BCUT2D eigenvalue weighted by atomic mass is 9.79. The van der Waals surface area contributed by atoms with Gasteiger partial charge in [0, 0.05) is 30.3 Å². The number of hydrogen-bond acceptors (Lipinski definition) is 2. The third kappa shape index (κ3) is 3.14.